The molecule has 1 aliphatic heterocycles. The highest BCUT2D eigenvalue weighted by atomic mass is 32.2. The van der Waals surface area contributed by atoms with Crippen LogP contribution < -0.4 is 5.73 Å². The van der Waals surface area contributed by atoms with Crippen LogP contribution in [0.15, 0.2) is 5.16 Å². The van der Waals surface area contributed by atoms with Crippen molar-refractivity contribution in [2.45, 2.75) is 70.8 Å². The Morgan fingerprint density at radius 2 is 2.22 bits per heavy atom. The first-order valence-electron chi connectivity index (χ1n) is 8.29. The van der Waals surface area contributed by atoms with Crippen LogP contribution in [0, 0.1) is 5.41 Å². The van der Waals surface area contributed by atoms with Crippen LogP contribution in [0.5, 0.6) is 0 Å². The number of ketones is 1. The minimum Gasteiger partial charge on any atom is -0.376 e. The van der Waals surface area contributed by atoms with Crippen LogP contribution in [0.3, 0.4) is 0 Å². The number of ether oxygens (including phenoxy) is 1. The molecule has 1 aliphatic rings. The van der Waals surface area contributed by atoms with Crippen LogP contribution in [0.1, 0.15) is 58.8 Å². The molecule has 23 heavy (non-hydrogen) atoms. The summed E-state index contributed by atoms with van der Waals surface area (Å²) in [6.07, 6.45) is 3.12. The summed E-state index contributed by atoms with van der Waals surface area (Å²) in [5, 5.41) is 9.30. The second kappa shape index (κ2) is 7.77. The lowest BCUT2D eigenvalue weighted by atomic mass is 9.92. The molecule has 2 unspecified atom stereocenters. The van der Waals surface area contributed by atoms with Crippen LogP contribution in [-0.4, -0.2) is 39.0 Å². The van der Waals surface area contributed by atoms with Gasteiger partial charge in [-0.2, -0.15) is 0 Å². The molecule has 0 saturated carbocycles. The van der Waals surface area contributed by atoms with Crippen molar-refractivity contribution in [2.75, 3.05) is 12.4 Å². The summed E-state index contributed by atoms with van der Waals surface area (Å²) in [5.74, 6) is 1.39. The second-order valence-electron chi connectivity index (χ2n) is 7.06. The lowest BCUT2D eigenvalue weighted by Crippen LogP contribution is -2.24. The van der Waals surface area contributed by atoms with Gasteiger partial charge in [-0.15, -0.1) is 10.2 Å². The SMILES string of the molecule is CCC(N)c1nnc(SCC(=O)C(C)(C)C)n1CC1CCCO1. The molecule has 0 bridgehead atoms. The lowest BCUT2D eigenvalue weighted by molar-refractivity contribution is -0.123. The molecule has 0 amide bonds. The molecule has 6 nitrogen and oxygen atoms in total. The lowest BCUT2D eigenvalue weighted by Gasteiger charge is -2.18. The maximum atomic E-state index is 12.2. The molecule has 2 heterocycles. The first-order valence-corrected chi connectivity index (χ1v) is 9.27. The molecule has 1 saturated heterocycles. The highest BCUT2D eigenvalue weighted by Crippen LogP contribution is 2.26. The van der Waals surface area contributed by atoms with E-state index in [0.717, 1.165) is 36.9 Å². The maximum Gasteiger partial charge on any atom is 0.191 e. The molecule has 1 aromatic rings. The quantitative estimate of drug-likeness (QED) is 0.768. The third-order valence-electron chi connectivity index (χ3n) is 4.10. The van der Waals surface area contributed by atoms with E-state index in [-0.39, 0.29) is 23.3 Å². The largest absolute Gasteiger partial charge is 0.376 e. The van der Waals surface area contributed by atoms with Gasteiger partial charge in [0.2, 0.25) is 0 Å². The molecule has 0 aromatic carbocycles. The molecule has 0 aliphatic carbocycles. The molecule has 2 N–H and O–H groups in total. The van der Waals surface area contributed by atoms with Gasteiger partial charge < -0.3 is 15.0 Å². The second-order valence-corrected chi connectivity index (χ2v) is 8.01. The Morgan fingerprint density at radius 3 is 2.78 bits per heavy atom. The molecular formula is C16H28N4O2S. The number of thioether (sulfide) groups is 1. The molecule has 2 atom stereocenters. The highest BCUT2D eigenvalue weighted by molar-refractivity contribution is 7.99. The number of nitrogens with zero attached hydrogens (tertiary/aromatic N) is 3. The van der Waals surface area contributed by atoms with Gasteiger partial charge in [0.1, 0.15) is 5.78 Å². The molecule has 0 radical (unpaired) electrons. The molecule has 130 valence electrons. The molecule has 1 fully saturated rings. The van der Waals surface area contributed by atoms with E-state index in [9.17, 15) is 4.79 Å². The topological polar surface area (TPSA) is 83.0 Å². The fourth-order valence-corrected chi connectivity index (χ4v) is 3.49. The van der Waals surface area contributed by atoms with E-state index in [2.05, 4.69) is 10.2 Å². The van der Waals surface area contributed by atoms with Crippen LogP contribution in [0.2, 0.25) is 0 Å². The monoisotopic (exact) mass is 340 g/mol. The Balaban J connectivity index is 2.14. The Labute approximate surface area is 142 Å². The average molecular weight is 340 g/mol. The van der Waals surface area contributed by atoms with Crippen LogP contribution in [0.25, 0.3) is 0 Å². The summed E-state index contributed by atoms with van der Waals surface area (Å²) in [6.45, 7) is 9.36. The van der Waals surface area contributed by atoms with Gasteiger partial charge in [-0.05, 0) is 19.3 Å². The van der Waals surface area contributed by atoms with E-state index in [1.54, 1.807) is 0 Å². The molecule has 2 rings (SSSR count). The van der Waals surface area contributed by atoms with Crippen molar-refractivity contribution >= 4 is 17.5 Å². The van der Waals surface area contributed by atoms with Crippen molar-refractivity contribution < 1.29 is 9.53 Å². The van der Waals surface area contributed by atoms with Gasteiger partial charge in [0.15, 0.2) is 11.0 Å². The van der Waals surface area contributed by atoms with Crippen LogP contribution in [0.4, 0.5) is 0 Å². The van der Waals surface area contributed by atoms with Crippen molar-refractivity contribution in [3.8, 4) is 0 Å². The third kappa shape index (κ3) is 4.78. The predicted octanol–water partition coefficient (Wildman–Crippen LogP) is 2.57. The highest BCUT2D eigenvalue weighted by Gasteiger charge is 2.25. The Hall–Kier alpha value is -0.920. The van der Waals surface area contributed by atoms with Gasteiger partial charge in [-0.3, -0.25) is 4.79 Å². The first kappa shape index (κ1) is 18.4. The Kier molecular flexibility index (Phi) is 6.22. The van der Waals surface area contributed by atoms with Gasteiger partial charge in [-0.1, -0.05) is 39.5 Å². The number of hydrogen-bond donors (Lipinski definition) is 1. The first-order chi connectivity index (χ1) is 10.8. The summed E-state index contributed by atoms with van der Waals surface area (Å²) in [7, 11) is 0. The zero-order valence-corrected chi connectivity index (χ0v) is 15.4. The van der Waals surface area contributed by atoms with Crippen LogP contribution in [-0.2, 0) is 16.1 Å². The van der Waals surface area contributed by atoms with Gasteiger partial charge in [0.25, 0.3) is 0 Å². The van der Waals surface area contributed by atoms with Gasteiger partial charge in [-0.25, -0.2) is 0 Å². The fourth-order valence-electron chi connectivity index (χ4n) is 2.37. The van der Waals surface area contributed by atoms with Crippen molar-refractivity contribution in [2.24, 2.45) is 11.1 Å². The van der Waals surface area contributed by atoms with Crippen LogP contribution >= 0.6 is 11.8 Å². The van der Waals surface area contributed by atoms with Gasteiger partial charge >= 0.3 is 0 Å². The minimum absolute atomic E-state index is 0.142. The average Bonchev–Trinajstić information content (AvgIpc) is 3.13. The number of carbonyl (C=O) groups is 1. The van der Waals surface area contributed by atoms with E-state index in [4.69, 9.17) is 10.5 Å². The normalized spacial score (nSPS) is 20.0. The van der Waals surface area contributed by atoms with E-state index in [0.29, 0.717) is 12.3 Å². The summed E-state index contributed by atoms with van der Waals surface area (Å²) in [6, 6.07) is -0.142. The van der Waals surface area contributed by atoms with E-state index in [1.165, 1.54) is 11.8 Å². The Bertz CT molecular complexity index is 533. The van der Waals surface area contributed by atoms with Gasteiger partial charge in [0.05, 0.1) is 24.4 Å². The zero-order valence-electron chi connectivity index (χ0n) is 14.5. The van der Waals surface area contributed by atoms with E-state index in [1.807, 2.05) is 32.3 Å². The summed E-state index contributed by atoms with van der Waals surface area (Å²) in [4.78, 5) is 12.2. The summed E-state index contributed by atoms with van der Waals surface area (Å²) < 4.78 is 7.78. The molecular weight excluding hydrogens is 312 g/mol. The van der Waals surface area contributed by atoms with Crippen molar-refractivity contribution in [3.63, 3.8) is 0 Å². The van der Waals surface area contributed by atoms with Crippen molar-refractivity contribution in [3.05, 3.63) is 5.82 Å². The van der Waals surface area contributed by atoms with Crippen molar-refractivity contribution in [1.82, 2.24) is 14.8 Å². The number of nitrogens with two attached hydrogens (primary N) is 1. The maximum absolute atomic E-state index is 12.2. The molecule has 7 heteroatoms. The fraction of sp³-hybridized carbons (Fsp3) is 0.812. The van der Waals surface area contributed by atoms with Gasteiger partial charge in [0, 0.05) is 12.0 Å². The zero-order chi connectivity index (χ0) is 17.0. The number of Topliss-reactive ketones (excluding diaryl/α,β-unsaturated/α-hetero) is 1. The van der Waals surface area contributed by atoms with E-state index < -0.39 is 0 Å². The minimum atomic E-state index is -0.338. The molecule has 0 spiro atoms. The van der Waals surface area contributed by atoms with Crippen molar-refractivity contribution in [1.29, 1.82) is 0 Å². The molecule has 1 aromatic heterocycles. The number of aromatic nitrogens is 3. The summed E-state index contributed by atoms with van der Waals surface area (Å²) >= 11 is 1.44. The third-order valence-corrected chi connectivity index (χ3v) is 5.06. The standard InChI is InChI=1S/C16H28N4O2S/c1-5-12(17)14-18-19-15(23-10-13(21)16(2,3)4)20(14)9-11-7-6-8-22-11/h11-12H,5-10,17H2,1-4H3. The number of hydrogen-bond acceptors (Lipinski definition) is 6. The number of rotatable bonds is 7. The predicted molar refractivity (Wildman–Crippen MR) is 91.4 cm³/mol. The summed E-state index contributed by atoms with van der Waals surface area (Å²) in [5.41, 5.74) is 5.83. The van der Waals surface area contributed by atoms with E-state index >= 15 is 0 Å². The smallest absolute Gasteiger partial charge is 0.191 e. The number of carbonyl (C=O) groups excluding carboxylic acids is 1. The Morgan fingerprint density at radius 1 is 1.48 bits per heavy atom.